The lowest BCUT2D eigenvalue weighted by Gasteiger charge is -2.31. The molecule has 1 N–H and O–H groups in total. The molecule has 2 amide bonds. The number of anilines is 1. The third-order valence-electron chi connectivity index (χ3n) is 5.17. The molecule has 1 fully saturated rings. The van der Waals surface area contributed by atoms with E-state index in [1.807, 2.05) is 66.4 Å². The summed E-state index contributed by atoms with van der Waals surface area (Å²) in [4.78, 5) is 28.2. The Kier molecular flexibility index (Phi) is 6.99. The molecule has 2 heterocycles. The molecule has 1 aromatic heterocycles. The van der Waals surface area contributed by atoms with Crippen molar-refractivity contribution in [3.63, 3.8) is 0 Å². The first-order valence-corrected chi connectivity index (χ1v) is 12.1. The van der Waals surface area contributed by atoms with Crippen molar-refractivity contribution in [2.45, 2.75) is 30.6 Å². The predicted octanol–water partition coefficient (Wildman–Crippen LogP) is 4.60. The molecule has 1 atom stereocenters. The van der Waals surface area contributed by atoms with E-state index in [0.717, 1.165) is 40.5 Å². The van der Waals surface area contributed by atoms with Gasteiger partial charge in [-0.1, -0.05) is 47.2 Å². The Morgan fingerprint density at radius 3 is 2.68 bits per heavy atom. The summed E-state index contributed by atoms with van der Waals surface area (Å²) in [6, 6.07) is 17.6. The van der Waals surface area contributed by atoms with Gasteiger partial charge in [0.15, 0.2) is 0 Å². The number of aryl methyl sites for hydroxylation is 1. The van der Waals surface area contributed by atoms with Crippen molar-refractivity contribution < 1.29 is 9.59 Å². The van der Waals surface area contributed by atoms with E-state index in [-0.39, 0.29) is 17.7 Å². The number of hydrogen-bond donors (Lipinski definition) is 1. The lowest BCUT2D eigenvalue weighted by atomic mass is 9.99. The maximum Gasteiger partial charge on any atom is 0.286 e. The first-order valence-electron chi connectivity index (χ1n) is 10.3. The Balaban J connectivity index is 1.34. The van der Waals surface area contributed by atoms with Crippen molar-refractivity contribution in [3.05, 3.63) is 70.2 Å². The number of aromatic nitrogens is 2. The minimum Gasteiger partial charge on any atom is -0.341 e. The van der Waals surface area contributed by atoms with Crippen molar-refractivity contribution in [3.8, 4) is 0 Å². The van der Waals surface area contributed by atoms with Crippen LogP contribution in [0.15, 0.2) is 59.5 Å². The maximum absolute atomic E-state index is 12.7. The molecule has 3 aromatic rings. The van der Waals surface area contributed by atoms with Gasteiger partial charge in [0.1, 0.15) is 5.01 Å². The summed E-state index contributed by atoms with van der Waals surface area (Å²) in [5, 5.41) is 12.4. The molecule has 1 saturated heterocycles. The van der Waals surface area contributed by atoms with Gasteiger partial charge < -0.3 is 10.2 Å². The van der Waals surface area contributed by atoms with Crippen LogP contribution in [0.3, 0.4) is 0 Å². The normalized spacial score (nSPS) is 16.2. The van der Waals surface area contributed by atoms with Crippen LogP contribution in [0.4, 0.5) is 5.69 Å². The summed E-state index contributed by atoms with van der Waals surface area (Å²) in [5.74, 6) is 0.436. The molecule has 31 heavy (non-hydrogen) atoms. The van der Waals surface area contributed by atoms with Crippen LogP contribution in [0.1, 0.15) is 39.1 Å². The van der Waals surface area contributed by atoms with E-state index < -0.39 is 0 Å². The number of carbonyl (C=O) groups is 2. The van der Waals surface area contributed by atoms with Crippen LogP contribution in [0, 0.1) is 6.92 Å². The number of likely N-dealkylation sites (tertiary alicyclic amines) is 1. The Morgan fingerprint density at radius 1 is 1.13 bits per heavy atom. The standard InChI is InChI=1S/C23H24N4O2S2/c1-16-9-11-18(12-10-16)24-21(29)23-26-25-22(31-23)17-6-5-13-27(14-17)20(28)15-30-19-7-3-2-4-8-19/h2-4,7-12,17H,5-6,13-15H2,1H3,(H,24,29)/t17-/m0/s1. The zero-order chi connectivity index (χ0) is 21.6. The van der Waals surface area contributed by atoms with Gasteiger partial charge in [0, 0.05) is 29.6 Å². The van der Waals surface area contributed by atoms with Crippen molar-refractivity contribution in [1.29, 1.82) is 0 Å². The molecule has 0 unspecified atom stereocenters. The lowest BCUT2D eigenvalue weighted by molar-refractivity contribution is -0.129. The molecule has 0 aliphatic carbocycles. The molecule has 2 aromatic carbocycles. The van der Waals surface area contributed by atoms with Crippen LogP contribution in [0.5, 0.6) is 0 Å². The van der Waals surface area contributed by atoms with Gasteiger partial charge in [0.25, 0.3) is 5.91 Å². The third kappa shape index (κ3) is 5.71. The van der Waals surface area contributed by atoms with E-state index in [0.29, 0.717) is 17.3 Å². The van der Waals surface area contributed by atoms with Crippen LogP contribution < -0.4 is 5.32 Å². The topological polar surface area (TPSA) is 75.2 Å². The van der Waals surface area contributed by atoms with Crippen molar-refractivity contribution >= 4 is 40.6 Å². The van der Waals surface area contributed by atoms with Crippen LogP contribution in [0.2, 0.25) is 0 Å². The number of carbonyl (C=O) groups excluding carboxylic acids is 2. The van der Waals surface area contributed by atoms with Gasteiger partial charge in [-0.15, -0.1) is 22.0 Å². The summed E-state index contributed by atoms with van der Waals surface area (Å²) in [6.45, 7) is 3.40. The molecule has 1 aliphatic heterocycles. The van der Waals surface area contributed by atoms with Crippen LogP contribution in [-0.4, -0.2) is 45.8 Å². The van der Waals surface area contributed by atoms with E-state index >= 15 is 0 Å². The smallest absolute Gasteiger partial charge is 0.286 e. The molecule has 6 nitrogen and oxygen atoms in total. The monoisotopic (exact) mass is 452 g/mol. The number of hydrogen-bond acceptors (Lipinski definition) is 6. The van der Waals surface area contributed by atoms with Crippen molar-refractivity contribution in [2.75, 3.05) is 24.2 Å². The molecule has 0 radical (unpaired) electrons. The predicted molar refractivity (Wildman–Crippen MR) is 125 cm³/mol. The minimum absolute atomic E-state index is 0.123. The zero-order valence-corrected chi connectivity index (χ0v) is 18.9. The number of benzene rings is 2. The first-order chi connectivity index (χ1) is 15.1. The number of rotatable bonds is 6. The van der Waals surface area contributed by atoms with E-state index in [2.05, 4.69) is 15.5 Å². The zero-order valence-electron chi connectivity index (χ0n) is 17.3. The highest BCUT2D eigenvalue weighted by Crippen LogP contribution is 2.30. The fourth-order valence-corrected chi connectivity index (χ4v) is 5.16. The summed E-state index contributed by atoms with van der Waals surface area (Å²) >= 11 is 2.88. The minimum atomic E-state index is -0.254. The van der Waals surface area contributed by atoms with E-state index in [4.69, 9.17) is 0 Å². The second-order valence-corrected chi connectivity index (χ2v) is 9.60. The highest BCUT2D eigenvalue weighted by molar-refractivity contribution is 8.00. The number of amides is 2. The van der Waals surface area contributed by atoms with Gasteiger partial charge in [-0.05, 0) is 44.0 Å². The summed E-state index contributed by atoms with van der Waals surface area (Å²) in [5.41, 5.74) is 1.87. The summed E-state index contributed by atoms with van der Waals surface area (Å²) in [7, 11) is 0. The molecule has 4 rings (SSSR count). The van der Waals surface area contributed by atoms with Crippen molar-refractivity contribution in [2.24, 2.45) is 0 Å². The summed E-state index contributed by atoms with van der Waals surface area (Å²) < 4.78 is 0. The third-order valence-corrected chi connectivity index (χ3v) is 7.25. The van der Waals surface area contributed by atoms with Gasteiger partial charge in [-0.25, -0.2) is 0 Å². The van der Waals surface area contributed by atoms with Crippen LogP contribution in [-0.2, 0) is 4.79 Å². The quantitative estimate of drug-likeness (QED) is 0.554. The maximum atomic E-state index is 12.7. The fraction of sp³-hybridized carbons (Fsp3) is 0.304. The molecule has 0 bridgehead atoms. The number of nitrogens with one attached hydrogen (secondary N) is 1. The van der Waals surface area contributed by atoms with Gasteiger partial charge in [-0.2, -0.15) is 0 Å². The summed E-state index contributed by atoms with van der Waals surface area (Å²) in [6.07, 6.45) is 1.88. The molecule has 0 spiro atoms. The van der Waals surface area contributed by atoms with Gasteiger partial charge in [0.2, 0.25) is 10.9 Å². The number of thioether (sulfide) groups is 1. The Hall–Kier alpha value is -2.71. The Labute approximate surface area is 190 Å². The molecule has 8 heteroatoms. The van der Waals surface area contributed by atoms with Gasteiger partial charge in [-0.3, -0.25) is 9.59 Å². The van der Waals surface area contributed by atoms with E-state index in [1.165, 1.54) is 11.3 Å². The molecular weight excluding hydrogens is 428 g/mol. The lowest BCUT2D eigenvalue weighted by Crippen LogP contribution is -2.40. The molecular formula is C23H24N4O2S2. The second kappa shape index (κ2) is 10.1. The SMILES string of the molecule is Cc1ccc(NC(=O)c2nnc([C@H]3CCCN(C(=O)CSc4ccccc4)C3)s2)cc1. The average molecular weight is 453 g/mol. The largest absolute Gasteiger partial charge is 0.341 e. The number of nitrogens with zero attached hydrogens (tertiary/aromatic N) is 3. The highest BCUT2D eigenvalue weighted by atomic mass is 32.2. The van der Waals surface area contributed by atoms with E-state index in [1.54, 1.807) is 11.8 Å². The number of piperidine rings is 1. The van der Waals surface area contributed by atoms with Crippen LogP contribution >= 0.6 is 23.1 Å². The molecule has 0 saturated carbocycles. The van der Waals surface area contributed by atoms with E-state index in [9.17, 15) is 9.59 Å². The Bertz CT molecular complexity index is 1040. The molecule has 1 aliphatic rings. The highest BCUT2D eigenvalue weighted by Gasteiger charge is 2.28. The van der Waals surface area contributed by atoms with Crippen LogP contribution in [0.25, 0.3) is 0 Å². The van der Waals surface area contributed by atoms with Crippen molar-refractivity contribution in [1.82, 2.24) is 15.1 Å². The Morgan fingerprint density at radius 2 is 1.90 bits per heavy atom. The van der Waals surface area contributed by atoms with Gasteiger partial charge >= 0.3 is 0 Å². The fourth-order valence-electron chi connectivity index (χ4n) is 3.47. The first kappa shape index (κ1) is 21.5. The molecule has 160 valence electrons. The average Bonchev–Trinajstić information content (AvgIpc) is 3.30. The second-order valence-electron chi connectivity index (χ2n) is 7.55. The van der Waals surface area contributed by atoms with Gasteiger partial charge in [0.05, 0.1) is 5.75 Å².